The van der Waals surface area contributed by atoms with Crippen molar-refractivity contribution in [3.63, 3.8) is 0 Å². The number of aliphatic hydroxyl groups is 2. The highest BCUT2D eigenvalue weighted by Gasteiger charge is 2.10. The summed E-state index contributed by atoms with van der Waals surface area (Å²) in [4.78, 5) is 4.17. The highest BCUT2D eigenvalue weighted by molar-refractivity contribution is 7.16. The predicted molar refractivity (Wildman–Crippen MR) is 65.6 cm³/mol. The van der Waals surface area contributed by atoms with E-state index < -0.39 is 6.04 Å². The van der Waals surface area contributed by atoms with Gasteiger partial charge in [-0.15, -0.1) is 11.3 Å². The smallest absolute Gasteiger partial charge is 0.106 e. The lowest BCUT2D eigenvalue weighted by atomic mass is 10.2. The molecule has 0 saturated heterocycles. The van der Waals surface area contributed by atoms with Gasteiger partial charge in [-0.1, -0.05) is 0 Å². The van der Waals surface area contributed by atoms with Crippen LogP contribution in [0.25, 0.3) is 10.2 Å². The van der Waals surface area contributed by atoms with Crippen LogP contribution in [0.2, 0.25) is 0 Å². The summed E-state index contributed by atoms with van der Waals surface area (Å²) < 4.78 is 1.02. The lowest BCUT2D eigenvalue weighted by Crippen LogP contribution is -2.28. The number of nitrogens with two attached hydrogens (primary N) is 1. The molecule has 0 aliphatic carbocycles. The van der Waals surface area contributed by atoms with Crippen LogP contribution in [0, 0.1) is 0 Å². The Balaban J connectivity index is 2.33. The van der Waals surface area contributed by atoms with E-state index in [0.717, 1.165) is 10.2 Å². The third-order valence-corrected chi connectivity index (χ3v) is 3.14. The summed E-state index contributed by atoms with van der Waals surface area (Å²) in [5.41, 5.74) is 9.66. The Kier molecular flexibility index (Phi) is 3.23. The van der Waals surface area contributed by atoms with E-state index in [1.54, 1.807) is 5.51 Å². The fourth-order valence-corrected chi connectivity index (χ4v) is 2.14. The van der Waals surface area contributed by atoms with Crippen molar-refractivity contribution in [3.05, 3.63) is 17.6 Å². The van der Waals surface area contributed by atoms with Crippen molar-refractivity contribution in [1.82, 2.24) is 4.98 Å². The zero-order valence-electron chi connectivity index (χ0n) is 8.55. The lowest BCUT2D eigenvalue weighted by molar-refractivity contribution is 0.204. The van der Waals surface area contributed by atoms with Gasteiger partial charge in [-0.05, 0) is 12.1 Å². The topological polar surface area (TPSA) is 91.4 Å². The van der Waals surface area contributed by atoms with Crippen molar-refractivity contribution in [3.8, 4) is 0 Å². The zero-order chi connectivity index (χ0) is 11.5. The van der Waals surface area contributed by atoms with Crippen LogP contribution in [-0.4, -0.2) is 34.5 Å². The first-order valence-corrected chi connectivity index (χ1v) is 5.74. The summed E-state index contributed by atoms with van der Waals surface area (Å²) in [6, 6.07) is 3.34. The van der Waals surface area contributed by atoms with E-state index in [-0.39, 0.29) is 13.2 Å². The van der Waals surface area contributed by atoms with E-state index in [9.17, 15) is 0 Å². The van der Waals surface area contributed by atoms with Crippen molar-refractivity contribution >= 4 is 32.9 Å². The maximum atomic E-state index is 8.97. The van der Waals surface area contributed by atoms with Gasteiger partial charge in [-0.2, -0.15) is 0 Å². The van der Waals surface area contributed by atoms with Gasteiger partial charge in [0, 0.05) is 0 Å². The molecule has 0 aliphatic rings. The first kappa shape index (κ1) is 11.1. The molecule has 1 aromatic carbocycles. The van der Waals surface area contributed by atoms with Gasteiger partial charge in [0.25, 0.3) is 0 Å². The summed E-state index contributed by atoms with van der Waals surface area (Å²) in [5.74, 6) is 0. The third kappa shape index (κ3) is 1.95. The van der Waals surface area contributed by atoms with E-state index in [1.807, 2.05) is 12.1 Å². The number of rotatable bonds is 4. The maximum absolute atomic E-state index is 8.97. The van der Waals surface area contributed by atoms with Gasteiger partial charge in [0.15, 0.2) is 0 Å². The molecule has 0 atom stereocenters. The minimum Gasteiger partial charge on any atom is -0.395 e. The van der Waals surface area contributed by atoms with Crippen LogP contribution in [0.1, 0.15) is 0 Å². The van der Waals surface area contributed by atoms with Gasteiger partial charge >= 0.3 is 0 Å². The number of hydrogen-bond acceptors (Lipinski definition) is 6. The largest absolute Gasteiger partial charge is 0.395 e. The number of aliphatic hydroxyl groups excluding tert-OH is 2. The Morgan fingerprint density at radius 2 is 2.12 bits per heavy atom. The van der Waals surface area contributed by atoms with Crippen molar-refractivity contribution < 1.29 is 10.2 Å². The molecule has 0 aliphatic heterocycles. The second kappa shape index (κ2) is 4.65. The molecule has 0 unspecified atom stereocenters. The molecular weight excluding hydrogens is 226 g/mol. The van der Waals surface area contributed by atoms with Crippen LogP contribution in [0.15, 0.2) is 17.6 Å². The average Bonchev–Trinajstić information content (AvgIpc) is 2.77. The van der Waals surface area contributed by atoms with E-state index >= 15 is 0 Å². The lowest BCUT2D eigenvalue weighted by Gasteiger charge is -2.16. The summed E-state index contributed by atoms with van der Waals surface area (Å²) >= 11 is 1.52. The van der Waals surface area contributed by atoms with E-state index in [2.05, 4.69) is 10.3 Å². The molecular formula is C10H13N3O2S. The van der Waals surface area contributed by atoms with Crippen LogP contribution in [-0.2, 0) is 0 Å². The first-order valence-electron chi connectivity index (χ1n) is 4.86. The van der Waals surface area contributed by atoms with Crippen molar-refractivity contribution in [2.45, 2.75) is 6.04 Å². The molecule has 86 valence electrons. The van der Waals surface area contributed by atoms with Crippen LogP contribution < -0.4 is 11.1 Å². The Morgan fingerprint density at radius 1 is 1.38 bits per heavy atom. The third-order valence-electron chi connectivity index (χ3n) is 2.34. The Bertz CT molecular complexity index is 482. The molecule has 5 nitrogen and oxygen atoms in total. The summed E-state index contributed by atoms with van der Waals surface area (Å²) in [6.45, 7) is -0.296. The number of benzene rings is 1. The second-order valence-electron chi connectivity index (χ2n) is 3.43. The number of anilines is 2. The minimum atomic E-state index is -0.404. The summed E-state index contributed by atoms with van der Waals surface area (Å²) in [6.07, 6.45) is 0. The summed E-state index contributed by atoms with van der Waals surface area (Å²) in [5, 5.41) is 20.9. The van der Waals surface area contributed by atoms with Crippen molar-refractivity contribution in [2.24, 2.45) is 0 Å². The summed E-state index contributed by atoms with van der Waals surface area (Å²) in [7, 11) is 0. The van der Waals surface area contributed by atoms with Gasteiger partial charge in [-0.25, -0.2) is 4.98 Å². The number of nitrogen functional groups attached to an aromatic ring is 1. The SMILES string of the molecule is Nc1c(NC(CO)CO)ccc2scnc12. The van der Waals surface area contributed by atoms with E-state index in [1.165, 1.54) is 11.3 Å². The molecule has 16 heavy (non-hydrogen) atoms. The molecule has 0 bridgehead atoms. The predicted octanol–water partition coefficient (Wildman–Crippen LogP) is 0.644. The number of fused-ring (bicyclic) bond motifs is 1. The molecule has 5 N–H and O–H groups in total. The average molecular weight is 239 g/mol. The standard InChI is InChI=1S/C10H13N3O2S/c11-9-7(13-6(3-14)4-15)1-2-8-10(9)12-5-16-8/h1-2,5-6,13-15H,3-4,11H2. The van der Waals surface area contributed by atoms with E-state index in [0.29, 0.717) is 11.4 Å². The monoisotopic (exact) mass is 239 g/mol. The highest BCUT2D eigenvalue weighted by Crippen LogP contribution is 2.30. The molecule has 1 heterocycles. The second-order valence-corrected chi connectivity index (χ2v) is 4.32. The minimum absolute atomic E-state index is 0.148. The number of nitrogens with one attached hydrogen (secondary N) is 1. The highest BCUT2D eigenvalue weighted by atomic mass is 32.1. The fourth-order valence-electron chi connectivity index (χ4n) is 1.45. The van der Waals surface area contributed by atoms with Crippen molar-refractivity contribution in [2.75, 3.05) is 24.3 Å². The van der Waals surface area contributed by atoms with Gasteiger partial charge < -0.3 is 21.3 Å². The number of thiazole rings is 1. The van der Waals surface area contributed by atoms with Gasteiger partial charge in [0.05, 0.1) is 40.8 Å². The molecule has 0 amide bonds. The molecule has 0 radical (unpaired) electrons. The van der Waals surface area contributed by atoms with Crippen LogP contribution >= 0.6 is 11.3 Å². The number of aromatic nitrogens is 1. The van der Waals surface area contributed by atoms with Crippen LogP contribution in [0.4, 0.5) is 11.4 Å². The molecule has 2 aromatic rings. The molecule has 0 fully saturated rings. The van der Waals surface area contributed by atoms with Gasteiger partial charge in [0.1, 0.15) is 5.52 Å². The maximum Gasteiger partial charge on any atom is 0.106 e. The Hall–Kier alpha value is -1.37. The van der Waals surface area contributed by atoms with Gasteiger partial charge in [-0.3, -0.25) is 0 Å². The number of nitrogens with zero attached hydrogens (tertiary/aromatic N) is 1. The Labute approximate surface area is 96.5 Å². The van der Waals surface area contributed by atoms with Crippen LogP contribution in [0.3, 0.4) is 0 Å². The zero-order valence-corrected chi connectivity index (χ0v) is 9.37. The molecule has 0 saturated carbocycles. The van der Waals surface area contributed by atoms with Crippen LogP contribution in [0.5, 0.6) is 0 Å². The normalized spacial score (nSPS) is 11.2. The van der Waals surface area contributed by atoms with Crippen molar-refractivity contribution in [1.29, 1.82) is 0 Å². The molecule has 2 rings (SSSR count). The van der Waals surface area contributed by atoms with E-state index in [4.69, 9.17) is 15.9 Å². The quantitative estimate of drug-likeness (QED) is 0.588. The van der Waals surface area contributed by atoms with Gasteiger partial charge in [0.2, 0.25) is 0 Å². The molecule has 0 spiro atoms. The first-order chi connectivity index (χ1) is 7.76. The molecule has 1 aromatic heterocycles. The number of hydrogen-bond donors (Lipinski definition) is 4. The Morgan fingerprint density at radius 3 is 2.81 bits per heavy atom. The fraction of sp³-hybridized carbons (Fsp3) is 0.300. The molecule has 6 heteroatoms.